The van der Waals surface area contributed by atoms with Gasteiger partial charge in [0.15, 0.2) is 6.61 Å². The van der Waals surface area contributed by atoms with Gasteiger partial charge in [0.1, 0.15) is 11.6 Å². The van der Waals surface area contributed by atoms with Crippen molar-refractivity contribution in [2.24, 2.45) is 5.73 Å². The van der Waals surface area contributed by atoms with Crippen LogP contribution in [0.4, 0.5) is 8.78 Å². The van der Waals surface area contributed by atoms with Crippen molar-refractivity contribution in [3.63, 3.8) is 0 Å². The number of benzene rings is 2. The predicted molar refractivity (Wildman–Crippen MR) is 78.3 cm³/mol. The molecule has 2 aromatic rings. The van der Waals surface area contributed by atoms with E-state index in [2.05, 4.69) is 0 Å². The van der Waals surface area contributed by atoms with Gasteiger partial charge in [0.05, 0.1) is 5.02 Å². The van der Waals surface area contributed by atoms with E-state index in [1.165, 1.54) is 30.3 Å². The molecule has 0 unspecified atom stereocenters. The lowest BCUT2D eigenvalue weighted by Crippen LogP contribution is -2.23. The summed E-state index contributed by atoms with van der Waals surface area (Å²) in [6.45, 7) is -0.799. The van der Waals surface area contributed by atoms with Crippen LogP contribution in [0.3, 0.4) is 0 Å². The van der Waals surface area contributed by atoms with Gasteiger partial charge in [0.25, 0.3) is 0 Å². The lowest BCUT2D eigenvalue weighted by molar-refractivity contribution is -0.0467. The van der Waals surface area contributed by atoms with E-state index in [4.69, 9.17) is 27.5 Å². The zero-order valence-corrected chi connectivity index (χ0v) is 11.7. The summed E-state index contributed by atoms with van der Waals surface area (Å²) in [7, 11) is 0. The maximum Gasteiger partial charge on any atom is 0.306 e. The molecule has 2 rings (SSSR count). The molecule has 110 valence electrons. The fourth-order valence-corrected chi connectivity index (χ4v) is 2.02. The van der Waals surface area contributed by atoms with Gasteiger partial charge in [-0.1, -0.05) is 41.9 Å². The number of nitrogens with two attached hydrogens (primary N) is 1. The fourth-order valence-electron chi connectivity index (χ4n) is 1.74. The Bertz CT molecular complexity index is 647. The third kappa shape index (κ3) is 3.70. The van der Waals surface area contributed by atoms with Crippen molar-refractivity contribution < 1.29 is 13.5 Å². The lowest BCUT2D eigenvalue weighted by atomic mass is 10.1. The fraction of sp³-hybridized carbons (Fsp3) is 0.133. The third-order valence-electron chi connectivity index (χ3n) is 2.85. The van der Waals surface area contributed by atoms with Crippen LogP contribution in [0, 0.1) is 5.41 Å². The summed E-state index contributed by atoms with van der Waals surface area (Å²) < 4.78 is 33.0. The quantitative estimate of drug-likeness (QED) is 0.652. The second-order valence-corrected chi connectivity index (χ2v) is 4.82. The number of amidine groups is 1. The van der Waals surface area contributed by atoms with Crippen molar-refractivity contribution in [3.05, 3.63) is 64.7 Å². The van der Waals surface area contributed by atoms with Gasteiger partial charge in [-0.2, -0.15) is 8.78 Å². The maximum atomic E-state index is 13.9. The van der Waals surface area contributed by atoms with Crippen LogP contribution in [0.25, 0.3) is 0 Å². The van der Waals surface area contributed by atoms with E-state index >= 15 is 0 Å². The van der Waals surface area contributed by atoms with Crippen LogP contribution in [-0.4, -0.2) is 12.4 Å². The average molecular weight is 311 g/mol. The lowest BCUT2D eigenvalue weighted by Gasteiger charge is -2.17. The van der Waals surface area contributed by atoms with Gasteiger partial charge in [0, 0.05) is 11.1 Å². The number of rotatable bonds is 5. The van der Waals surface area contributed by atoms with Crippen molar-refractivity contribution in [2.75, 3.05) is 6.61 Å². The molecule has 0 fully saturated rings. The minimum Gasteiger partial charge on any atom is -0.487 e. The van der Waals surface area contributed by atoms with Crippen LogP contribution in [-0.2, 0) is 5.92 Å². The molecule has 3 nitrogen and oxygen atoms in total. The van der Waals surface area contributed by atoms with E-state index in [9.17, 15) is 8.78 Å². The van der Waals surface area contributed by atoms with E-state index in [0.29, 0.717) is 5.56 Å². The highest BCUT2D eigenvalue weighted by Crippen LogP contribution is 2.29. The Kier molecular flexibility index (Phi) is 4.43. The molecule has 0 amide bonds. The number of nitrogen functional groups attached to an aromatic ring is 1. The maximum absolute atomic E-state index is 13.9. The van der Waals surface area contributed by atoms with Crippen molar-refractivity contribution in [1.82, 2.24) is 0 Å². The van der Waals surface area contributed by atoms with Crippen molar-refractivity contribution in [1.29, 1.82) is 5.41 Å². The number of alkyl halides is 2. The molecule has 0 bridgehead atoms. The van der Waals surface area contributed by atoms with Gasteiger partial charge >= 0.3 is 5.92 Å². The number of halogens is 3. The highest BCUT2D eigenvalue weighted by molar-refractivity contribution is 6.34. The Morgan fingerprint density at radius 3 is 2.43 bits per heavy atom. The minimum absolute atomic E-state index is 0.114. The molecule has 0 heterocycles. The van der Waals surface area contributed by atoms with Crippen molar-refractivity contribution in [2.45, 2.75) is 5.92 Å². The largest absolute Gasteiger partial charge is 0.487 e. The van der Waals surface area contributed by atoms with Gasteiger partial charge in [-0.05, 0) is 18.2 Å². The summed E-state index contributed by atoms with van der Waals surface area (Å²) in [6, 6.07) is 11.7. The first-order valence-corrected chi connectivity index (χ1v) is 6.48. The van der Waals surface area contributed by atoms with Gasteiger partial charge in [-0.3, -0.25) is 5.41 Å². The molecule has 6 heteroatoms. The molecule has 0 saturated heterocycles. The van der Waals surface area contributed by atoms with Crippen LogP contribution in [0.2, 0.25) is 5.02 Å². The molecule has 3 N–H and O–H groups in total. The van der Waals surface area contributed by atoms with E-state index in [1.807, 2.05) is 0 Å². The smallest absolute Gasteiger partial charge is 0.306 e. The first kappa shape index (κ1) is 15.3. The first-order chi connectivity index (χ1) is 9.90. The van der Waals surface area contributed by atoms with Crippen molar-refractivity contribution in [3.8, 4) is 5.75 Å². The normalized spacial score (nSPS) is 11.2. The average Bonchev–Trinajstić information content (AvgIpc) is 2.46. The SMILES string of the molecule is N=C(N)c1ccc(OCC(F)(F)c2ccccc2)cc1Cl. The monoisotopic (exact) mass is 310 g/mol. The van der Waals surface area contributed by atoms with Gasteiger partial charge in [-0.25, -0.2) is 0 Å². The number of ether oxygens (including phenoxy) is 1. The minimum atomic E-state index is -3.10. The summed E-state index contributed by atoms with van der Waals surface area (Å²) >= 11 is 5.90. The van der Waals surface area contributed by atoms with Crippen LogP contribution in [0.5, 0.6) is 5.75 Å². The van der Waals surface area contributed by atoms with Crippen LogP contribution in [0.1, 0.15) is 11.1 Å². The molecule has 0 aliphatic rings. The molecule has 21 heavy (non-hydrogen) atoms. The Labute approximate surface area is 125 Å². The second kappa shape index (κ2) is 6.10. The van der Waals surface area contributed by atoms with E-state index in [1.54, 1.807) is 18.2 Å². The predicted octanol–water partition coefficient (Wildman–Crippen LogP) is 3.79. The first-order valence-electron chi connectivity index (χ1n) is 6.10. The molecule has 0 atom stereocenters. The van der Waals surface area contributed by atoms with Crippen LogP contribution in [0.15, 0.2) is 48.5 Å². The Morgan fingerprint density at radius 2 is 1.86 bits per heavy atom. The summed E-state index contributed by atoms with van der Waals surface area (Å²) in [6.07, 6.45) is 0. The zero-order valence-electron chi connectivity index (χ0n) is 10.9. The van der Waals surface area contributed by atoms with Gasteiger partial charge in [-0.15, -0.1) is 0 Å². The summed E-state index contributed by atoms with van der Waals surface area (Å²) in [5.41, 5.74) is 5.54. The third-order valence-corrected chi connectivity index (χ3v) is 3.16. The Morgan fingerprint density at radius 1 is 1.19 bits per heavy atom. The summed E-state index contributed by atoms with van der Waals surface area (Å²) in [5, 5.41) is 7.48. The van der Waals surface area contributed by atoms with Crippen LogP contribution >= 0.6 is 11.6 Å². The summed E-state index contributed by atoms with van der Waals surface area (Å²) in [4.78, 5) is 0. The molecule has 0 saturated carbocycles. The molecule has 2 aromatic carbocycles. The molecular weight excluding hydrogens is 298 g/mol. The zero-order chi connectivity index (χ0) is 15.5. The van der Waals surface area contributed by atoms with Crippen LogP contribution < -0.4 is 10.5 Å². The van der Waals surface area contributed by atoms with Crippen molar-refractivity contribution >= 4 is 17.4 Å². The molecule has 0 aliphatic heterocycles. The van der Waals surface area contributed by atoms with E-state index in [0.717, 1.165) is 0 Å². The second-order valence-electron chi connectivity index (χ2n) is 4.41. The highest BCUT2D eigenvalue weighted by Gasteiger charge is 2.32. The topological polar surface area (TPSA) is 59.1 Å². The Hall–Kier alpha value is -2.14. The standard InChI is InChI=1S/C15H13ClF2N2O/c16-13-8-11(6-7-12(13)14(19)20)21-9-15(17,18)10-4-2-1-3-5-10/h1-8H,9H2,(H3,19,20). The molecular formula is C15H13ClF2N2O. The van der Waals surface area contributed by atoms with E-state index < -0.39 is 12.5 Å². The van der Waals surface area contributed by atoms with Gasteiger partial charge < -0.3 is 10.5 Å². The molecule has 0 aromatic heterocycles. The number of hydrogen-bond acceptors (Lipinski definition) is 2. The Balaban J connectivity index is 2.09. The number of nitrogens with one attached hydrogen (secondary N) is 1. The number of hydrogen-bond donors (Lipinski definition) is 2. The highest BCUT2D eigenvalue weighted by atomic mass is 35.5. The molecule has 0 spiro atoms. The van der Waals surface area contributed by atoms with Gasteiger partial charge in [0.2, 0.25) is 0 Å². The summed E-state index contributed by atoms with van der Waals surface area (Å²) in [5.74, 6) is -3.10. The molecule has 0 radical (unpaired) electrons. The van der Waals surface area contributed by atoms with E-state index in [-0.39, 0.29) is 22.2 Å². The molecule has 0 aliphatic carbocycles.